The van der Waals surface area contributed by atoms with E-state index in [1.807, 2.05) is 6.26 Å². The standard InChI is InChI=1S/C5H11NO2S.Ba.2H/c1-9-3-2-4(6)5(7)8;;;/h4H,2-3,6H2,1H3,(H,7,8);;;. The minimum absolute atomic E-state index is 0. The molecule has 0 fully saturated rings. The van der Waals surface area contributed by atoms with Crippen molar-refractivity contribution in [2.45, 2.75) is 12.5 Å². The number of carboxylic acids is 1. The molecule has 0 spiro atoms. The van der Waals surface area contributed by atoms with Crippen LogP contribution in [0, 0.1) is 0 Å². The third kappa shape index (κ3) is 7.46. The molecule has 1 unspecified atom stereocenters. The Morgan fingerprint density at radius 3 is 2.60 bits per heavy atom. The topological polar surface area (TPSA) is 63.3 Å². The van der Waals surface area contributed by atoms with Crippen LogP contribution in [0.3, 0.4) is 0 Å². The first kappa shape index (κ1) is 13.9. The number of rotatable bonds is 4. The Labute approximate surface area is 105 Å². The van der Waals surface area contributed by atoms with E-state index >= 15 is 0 Å². The van der Waals surface area contributed by atoms with E-state index in [2.05, 4.69) is 0 Å². The van der Waals surface area contributed by atoms with Gasteiger partial charge in [-0.1, -0.05) is 0 Å². The third-order valence-corrected chi connectivity index (χ3v) is 1.59. The van der Waals surface area contributed by atoms with Crippen molar-refractivity contribution in [3.63, 3.8) is 0 Å². The molecular weight excluding hydrogens is 275 g/mol. The van der Waals surface area contributed by atoms with Gasteiger partial charge in [0.25, 0.3) is 0 Å². The zero-order valence-corrected chi connectivity index (χ0v) is 6.15. The fraction of sp³-hybridized carbons (Fsp3) is 0.800. The Balaban J connectivity index is 0. The second-order valence-electron chi connectivity index (χ2n) is 1.73. The summed E-state index contributed by atoms with van der Waals surface area (Å²) in [5.41, 5.74) is 5.19. The van der Waals surface area contributed by atoms with Crippen LogP contribution in [0.2, 0.25) is 0 Å². The molecule has 0 saturated heterocycles. The van der Waals surface area contributed by atoms with Crippen molar-refractivity contribution in [1.82, 2.24) is 0 Å². The monoisotopic (exact) mass is 289 g/mol. The van der Waals surface area contributed by atoms with Crippen molar-refractivity contribution in [3.8, 4) is 0 Å². The van der Waals surface area contributed by atoms with Gasteiger partial charge in [0.1, 0.15) is 6.04 Å². The molecule has 0 heterocycles. The summed E-state index contributed by atoms with van der Waals surface area (Å²) in [6, 6.07) is -0.683. The van der Waals surface area contributed by atoms with Gasteiger partial charge < -0.3 is 10.8 Å². The van der Waals surface area contributed by atoms with Gasteiger partial charge in [-0.05, 0) is 18.4 Å². The number of aliphatic carboxylic acids is 1. The Morgan fingerprint density at radius 2 is 2.30 bits per heavy atom. The van der Waals surface area contributed by atoms with Crippen molar-refractivity contribution in [1.29, 1.82) is 0 Å². The van der Waals surface area contributed by atoms with E-state index < -0.39 is 12.0 Å². The van der Waals surface area contributed by atoms with Crippen LogP contribution in [0.15, 0.2) is 0 Å². The molecule has 3 N–H and O–H groups in total. The molecule has 1 atom stereocenters. The molecule has 0 aliphatic heterocycles. The summed E-state index contributed by atoms with van der Waals surface area (Å²) in [7, 11) is 0. The first-order valence-corrected chi connectivity index (χ1v) is 4.05. The normalized spacial score (nSPS) is 11.8. The fourth-order valence-corrected chi connectivity index (χ4v) is 0.858. The molecule has 0 radical (unpaired) electrons. The SMILES string of the molecule is CSCCC(N)C(=O)O.[BaH2]. The molecule has 0 aliphatic carbocycles. The second-order valence-corrected chi connectivity index (χ2v) is 2.71. The Kier molecular flexibility index (Phi) is 11.8. The van der Waals surface area contributed by atoms with E-state index in [4.69, 9.17) is 10.8 Å². The van der Waals surface area contributed by atoms with Gasteiger partial charge in [0.15, 0.2) is 0 Å². The second kappa shape index (κ2) is 8.45. The number of nitrogens with two attached hydrogens (primary N) is 1. The number of thioether (sulfide) groups is 1. The van der Waals surface area contributed by atoms with Crippen molar-refractivity contribution in [2.75, 3.05) is 12.0 Å². The average molecular weight is 289 g/mol. The fourth-order valence-electron chi connectivity index (χ4n) is 0.368. The van der Waals surface area contributed by atoms with Crippen LogP contribution in [0.25, 0.3) is 0 Å². The van der Waals surface area contributed by atoms with Gasteiger partial charge in [-0.15, -0.1) is 0 Å². The Bertz CT molecular complexity index is 102. The van der Waals surface area contributed by atoms with E-state index in [0.717, 1.165) is 5.75 Å². The predicted molar refractivity (Wildman–Crippen MR) is 47.2 cm³/mol. The van der Waals surface area contributed by atoms with Gasteiger partial charge in [-0.25, -0.2) is 0 Å². The van der Waals surface area contributed by atoms with Gasteiger partial charge in [0.2, 0.25) is 0 Å². The number of carboxylic acid groups (broad SMARTS) is 1. The molecule has 10 heavy (non-hydrogen) atoms. The van der Waals surface area contributed by atoms with Crippen LogP contribution < -0.4 is 5.73 Å². The Morgan fingerprint density at radius 1 is 1.80 bits per heavy atom. The summed E-state index contributed by atoms with van der Waals surface area (Å²) in [5, 5.41) is 8.27. The average Bonchev–Trinajstić information content (AvgIpc) is 1.82. The van der Waals surface area contributed by atoms with Crippen LogP contribution in [-0.2, 0) is 4.79 Å². The molecule has 3 nitrogen and oxygen atoms in total. The minimum atomic E-state index is -0.913. The first-order valence-electron chi connectivity index (χ1n) is 2.65. The van der Waals surface area contributed by atoms with Crippen LogP contribution in [-0.4, -0.2) is 78.0 Å². The summed E-state index contributed by atoms with van der Waals surface area (Å²) in [6.45, 7) is 0. The molecule has 0 saturated carbocycles. The molecule has 0 aromatic heterocycles. The maximum absolute atomic E-state index is 10.1. The molecular formula is C5H13BaNO2S. The quantitative estimate of drug-likeness (QED) is 0.667. The van der Waals surface area contributed by atoms with Crippen LogP contribution in [0.4, 0.5) is 0 Å². The van der Waals surface area contributed by atoms with Crippen LogP contribution in [0.5, 0.6) is 0 Å². The van der Waals surface area contributed by atoms with E-state index in [9.17, 15) is 4.79 Å². The van der Waals surface area contributed by atoms with Gasteiger partial charge in [-0.2, -0.15) is 11.8 Å². The molecule has 5 heteroatoms. The van der Waals surface area contributed by atoms with E-state index in [-0.39, 0.29) is 48.9 Å². The zero-order valence-electron chi connectivity index (χ0n) is 5.33. The molecule has 0 aliphatic rings. The number of hydrogen-bond donors (Lipinski definition) is 2. The van der Waals surface area contributed by atoms with Crippen molar-refractivity contribution >= 4 is 66.6 Å². The predicted octanol–water partition coefficient (Wildman–Crippen LogP) is -0.765. The third-order valence-electron chi connectivity index (χ3n) is 0.950. The van der Waals surface area contributed by atoms with Crippen molar-refractivity contribution in [3.05, 3.63) is 0 Å². The summed E-state index contributed by atoms with van der Waals surface area (Å²) < 4.78 is 0. The summed E-state index contributed by atoms with van der Waals surface area (Å²) in [5.74, 6) is -0.1000. The first-order chi connectivity index (χ1) is 4.18. The number of hydrogen-bond acceptors (Lipinski definition) is 3. The van der Waals surface area contributed by atoms with E-state index in [0.29, 0.717) is 6.42 Å². The zero-order chi connectivity index (χ0) is 7.28. The summed E-state index contributed by atoms with van der Waals surface area (Å²) >= 11 is 1.60. The van der Waals surface area contributed by atoms with Crippen molar-refractivity contribution < 1.29 is 9.90 Å². The summed E-state index contributed by atoms with van der Waals surface area (Å²) in [4.78, 5) is 10.1. The van der Waals surface area contributed by atoms with Gasteiger partial charge in [0.05, 0.1) is 0 Å². The van der Waals surface area contributed by atoms with Gasteiger partial charge >= 0.3 is 54.9 Å². The molecule has 0 bridgehead atoms. The molecule has 58 valence electrons. The van der Waals surface area contributed by atoms with Crippen molar-refractivity contribution in [2.24, 2.45) is 5.73 Å². The van der Waals surface area contributed by atoms with Crippen LogP contribution >= 0.6 is 11.8 Å². The Hall–Kier alpha value is 1.35. The number of carbonyl (C=O) groups is 1. The van der Waals surface area contributed by atoms with E-state index in [1.54, 1.807) is 11.8 Å². The van der Waals surface area contributed by atoms with Gasteiger partial charge in [0, 0.05) is 0 Å². The summed E-state index contributed by atoms with van der Waals surface area (Å²) in [6.07, 6.45) is 2.48. The van der Waals surface area contributed by atoms with Crippen LogP contribution in [0.1, 0.15) is 6.42 Å². The molecule has 0 rings (SSSR count). The molecule has 0 aromatic rings. The maximum atomic E-state index is 10.1. The molecule has 0 amide bonds. The molecule has 0 aromatic carbocycles. The van der Waals surface area contributed by atoms with Gasteiger partial charge in [-0.3, -0.25) is 4.79 Å². The van der Waals surface area contributed by atoms with E-state index in [1.165, 1.54) is 0 Å².